The zero-order valence-electron chi connectivity index (χ0n) is 23.7. The second-order valence-electron chi connectivity index (χ2n) is 13.8. The van der Waals surface area contributed by atoms with Crippen LogP contribution in [0.4, 0.5) is 0 Å². The van der Waals surface area contributed by atoms with Gasteiger partial charge in [0, 0.05) is 18.4 Å². The molecule has 0 amide bonds. The average Bonchev–Trinajstić information content (AvgIpc) is 3.12. The van der Waals surface area contributed by atoms with E-state index in [0.717, 1.165) is 25.7 Å². The van der Waals surface area contributed by atoms with Crippen molar-refractivity contribution in [3.8, 4) is 0 Å². The first kappa shape index (κ1) is 29.1. The van der Waals surface area contributed by atoms with Gasteiger partial charge in [0.1, 0.15) is 6.10 Å². The Balaban J connectivity index is 2.15. The van der Waals surface area contributed by atoms with Crippen molar-refractivity contribution in [1.29, 1.82) is 0 Å². The topological polar surface area (TPSA) is 44.8 Å². The Bertz CT molecular complexity index is 647. The number of esters is 1. The number of fused-ring (bicyclic) bond motifs is 1. The molecule has 0 N–H and O–H groups in total. The standard InChI is InChI=1S/C27H54O4Si2/c1-12-13-14-15-20(30-32(8,9)26(2,3)4)16-17-21-22-18-25(28)29-23(22)19-24(21)31-33(10,11)27(5,6)7/h20-24H,12-19H2,1-11H3. The molecule has 2 rings (SSSR count). The van der Waals surface area contributed by atoms with E-state index in [9.17, 15) is 4.79 Å². The molecule has 0 aromatic carbocycles. The summed E-state index contributed by atoms with van der Waals surface area (Å²) in [6.07, 6.45) is 9.03. The SMILES string of the molecule is CCCCCC(CCC1C(O[Si](C)(C)C(C)(C)C)CC2OC(=O)CC21)O[Si](C)(C)C(C)(C)C. The van der Waals surface area contributed by atoms with Crippen LogP contribution < -0.4 is 0 Å². The maximum absolute atomic E-state index is 12.1. The van der Waals surface area contributed by atoms with Gasteiger partial charge in [-0.1, -0.05) is 67.7 Å². The Kier molecular flexibility index (Phi) is 9.54. The number of hydrogen-bond donors (Lipinski definition) is 0. The molecular formula is C27H54O4Si2. The van der Waals surface area contributed by atoms with Crippen molar-refractivity contribution in [1.82, 2.24) is 0 Å². The summed E-state index contributed by atoms with van der Waals surface area (Å²) >= 11 is 0. The first-order valence-electron chi connectivity index (χ1n) is 13.5. The van der Waals surface area contributed by atoms with Crippen LogP contribution in [0.2, 0.25) is 36.3 Å². The summed E-state index contributed by atoms with van der Waals surface area (Å²) in [6, 6.07) is 0. The summed E-state index contributed by atoms with van der Waals surface area (Å²) in [5, 5.41) is 0.397. The van der Waals surface area contributed by atoms with Gasteiger partial charge in [-0.15, -0.1) is 0 Å². The molecule has 1 saturated carbocycles. The summed E-state index contributed by atoms with van der Waals surface area (Å²) < 4.78 is 19.6. The molecule has 0 radical (unpaired) electrons. The minimum Gasteiger partial charge on any atom is -0.462 e. The van der Waals surface area contributed by atoms with Gasteiger partial charge >= 0.3 is 5.97 Å². The number of hydrogen-bond acceptors (Lipinski definition) is 4. The number of rotatable bonds is 11. The number of ether oxygens (including phenoxy) is 1. The Morgan fingerprint density at radius 3 is 2.12 bits per heavy atom. The highest BCUT2D eigenvalue weighted by Crippen LogP contribution is 2.48. The number of unbranched alkanes of at least 4 members (excludes halogenated alkanes) is 2. The molecule has 1 heterocycles. The molecule has 194 valence electrons. The molecule has 2 aliphatic rings. The Labute approximate surface area is 207 Å². The van der Waals surface area contributed by atoms with Crippen LogP contribution in [0.5, 0.6) is 0 Å². The molecule has 5 atom stereocenters. The van der Waals surface area contributed by atoms with Crippen molar-refractivity contribution in [2.24, 2.45) is 11.8 Å². The third kappa shape index (κ3) is 7.41. The summed E-state index contributed by atoms with van der Waals surface area (Å²) in [5.74, 6) is 0.696. The minimum absolute atomic E-state index is 0.0159. The van der Waals surface area contributed by atoms with E-state index in [2.05, 4.69) is 74.7 Å². The van der Waals surface area contributed by atoms with E-state index in [1.54, 1.807) is 0 Å². The van der Waals surface area contributed by atoms with Crippen LogP contribution in [0.15, 0.2) is 0 Å². The van der Waals surface area contributed by atoms with Crippen LogP contribution in [0.1, 0.15) is 99.8 Å². The summed E-state index contributed by atoms with van der Waals surface area (Å²) in [4.78, 5) is 12.1. The first-order chi connectivity index (χ1) is 15.0. The molecular weight excluding hydrogens is 444 g/mol. The molecule has 5 unspecified atom stereocenters. The van der Waals surface area contributed by atoms with Gasteiger partial charge < -0.3 is 13.6 Å². The Morgan fingerprint density at radius 2 is 1.58 bits per heavy atom. The largest absolute Gasteiger partial charge is 0.462 e. The van der Waals surface area contributed by atoms with E-state index in [1.807, 2.05) is 0 Å². The molecule has 6 heteroatoms. The predicted octanol–water partition coefficient (Wildman–Crippen LogP) is 8.08. The fourth-order valence-corrected chi connectivity index (χ4v) is 7.71. The van der Waals surface area contributed by atoms with Crippen LogP contribution in [-0.4, -0.2) is 40.9 Å². The van der Waals surface area contributed by atoms with Crippen molar-refractivity contribution in [3.63, 3.8) is 0 Å². The molecule has 0 aromatic rings. The van der Waals surface area contributed by atoms with Gasteiger partial charge in [0.2, 0.25) is 0 Å². The van der Waals surface area contributed by atoms with Crippen molar-refractivity contribution >= 4 is 22.6 Å². The maximum Gasteiger partial charge on any atom is 0.306 e. The number of carbonyl (C=O) groups is 1. The highest BCUT2D eigenvalue weighted by molar-refractivity contribution is 6.74. The summed E-state index contributed by atoms with van der Waals surface area (Å²) in [7, 11) is -3.71. The Hall–Kier alpha value is -0.176. The lowest BCUT2D eigenvalue weighted by Crippen LogP contribution is -2.46. The van der Waals surface area contributed by atoms with E-state index < -0.39 is 16.6 Å². The van der Waals surface area contributed by atoms with E-state index in [4.69, 9.17) is 13.6 Å². The lowest BCUT2D eigenvalue weighted by atomic mass is 9.87. The van der Waals surface area contributed by atoms with E-state index in [1.165, 1.54) is 19.3 Å². The molecule has 0 aromatic heterocycles. The van der Waals surface area contributed by atoms with Crippen molar-refractivity contribution in [2.45, 2.75) is 154 Å². The zero-order valence-corrected chi connectivity index (χ0v) is 25.7. The quantitative estimate of drug-likeness (QED) is 0.164. The molecule has 33 heavy (non-hydrogen) atoms. The van der Waals surface area contributed by atoms with Gasteiger partial charge in [-0.25, -0.2) is 0 Å². The predicted molar refractivity (Wildman–Crippen MR) is 144 cm³/mol. The van der Waals surface area contributed by atoms with Gasteiger partial charge in [0.05, 0.1) is 12.5 Å². The highest BCUT2D eigenvalue weighted by atomic mass is 28.4. The second-order valence-corrected chi connectivity index (χ2v) is 23.3. The van der Waals surface area contributed by atoms with Crippen molar-refractivity contribution < 1.29 is 18.4 Å². The normalized spacial score (nSPS) is 27.5. The van der Waals surface area contributed by atoms with Gasteiger partial charge in [0.25, 0.3) is 0 Å². The monoisotopic (exact) mass is 498 g/mol. The van der Waals surface area contributed by atoms with E-state index >= 15 is 0 Å². The zero-order chi connectivity index (χ0) is 25.2. The van der Waals surface area contributed by atoms with Gasteiger partial charge in [-0.3, -0.25) is 4.79 Å². The van der Waals surface area contributed by atoms with E-state index in [-0.39, 0.29) is 28.3 Å². The summed E-state index contributed by atoms with van der Waals surface area (Å²) in [6.45, 7) is 25.6. The third-order valence-corrected chi connectivity index (χ3v) is 18.2. The highest BCUT2D eigenvalue weighted by Gasteiger charge is 2.53. The smallest absolute Gasteiger partial charge is 0.306 e. The molecule has 0 spiro atoms. The van der Waals surface area contributed by atoms with Gasteiger partial charge in [0.15, 0.2) is 16.6 Å². The van der Waals surface area contributed by atoms with Crippen LogP contribution >= 0.6 is 0 Å². The lowest BCUT2D eigenvalue weighted by molar-refractivity contribution is -0.141. The summed E-state index contributed by atoms with van der Waals surface area (Å²) in [5.41, 5.74) is 0. The Morgan fingerprint density at radius 1 is 0.970 bits per heavy atom. The van der Waals surface area contributed by atoms with E-state index in [0.29, 0.717) is 24.4 Å². The molecule has 0 bridgehead atoms. The second kappa shape index (κ2) is 10.8. The number of carbonyl (C=O) groups excluding carboxylic acids is 1. The minimum atomic E-state index is -1.89. The van der Waals surface area contributed by atoms with Crippen molar-refractivity contribution in [2.75, 3.05) is 0 Å². The van der Waals surface area contributed by atoms with Crippen LogP contribution in [0, 0.1) is 11.8 Å². The van der Waals surface area contributed by atoms with Gasteiger partial charge in [-0.2, -0.15) is 0 Å². The molecule has 1 aliphatic carbocycles. The van der Waals surface area contributed by atoms with Crippen LogP contribution in [0.25, 0.3) is 0 Å². The fraction of sp³-hybridized carbons (Fsp3) is 0.963. The first-order valence-corrected chi connectivity index (χ1v) is 19.4. The van der Waals surface area contributed by atoms with Crippen LogP contribution in [0.3, 0.4) is 0 Å². The molecule has 2 fully saturated rings. The fourth-order valence-electron chi connectivity index (χ4n) is 4.90. The molecule has 1 aliphatic heterocycles. The van der Waals surface area contributed by atoms with Crippen molar-refractivity contribution in [3.05, 3.63) is 0 Å². The van der Waals surface area contributed by atoms with Crippen LogP contribution in [-0.2, 0) is 18.4 Å². The molecule has 1 saturated heterocycles. The average molecular weight is 499 g/mol. The lowest BCUT2D eigenvalue weighted by Gasteiger charge is -2.41. The molecule has 4 nitrogen and oxygen atoms in total. The third-order valence-electron chi connectivity index (χ3n) is 9.13. The maximum atomic E-state index is 12.1. The van der Waals surface area contributed by atoms with Gasteiger partial charge in [-0.05, 0) is 61.4 Å².